The largest absolute Gasteiger partial charge is 0.494 e. The van der Waals surface area contributed by atoms with E-state index in [1.54, 1.807) is 0 Å². The number of nitrogens with zero attached hydrogens (tertiary/aromatic N) is 1. The van der Waals surface area contributed by atoms with Crippen LogP contribution in [0.25, 0.3) is 10.8 Å². The van der Waals surface area contributed by atoms with Gasteiger partial charge >= 0.3 is 0 Å². The van der Waals surface area contributed by atoms with Gasteiger partial charge in [-0.2, -0.15) is 0 Å². The minimum atomic E-state index is 0.237. The summed E-state index contributed by atoms with van der Waals surface area (Å²) in [6.07, 6.45) is 5.21. The number of likely N-dealkylation sites (tertiary alicyclic amines) is 1. The first-order valence-electron chi connectivity index (χ1n) is 8.93. The van der Waals surface area contributed by atoms with Gasteiger partial charge in [0.15, 0.2) is 0 Å². The average Bonchev–Trinajstić information content (AvgIpc) is 2.87. The maximum absolute atomic E-state index is 6.25. The Morgan fingerprint density at radius 2 is 1.78 bits per heavy atom. The summed E-state index contributed by atoms with van der Waals surface area (Å²) < 4.78 is 5.97. The summed E-state index contributed by atoms with van der Waals surface area (Å²) in [5.74, 6) is 0.992. The SMILES string of the molecule is CCOc1ccc2ccccc2c1C(CN)N1CCCCCC1. The molecule has 23 heavy (non-hydrogen) atoms. The van der Waals surface area contributed by atoms with E-state index in [2.05, 4.69) is 41.3 Å². The van der Waals surface area contributed by atoms with Crippen LogP contribution in [-0.2, 0) is 0 Å². The second-order valence-electron chi connectivity index (χ2n) is 6.33. The van der Waals surface area contributed by atoms with Crippen LogP contribution in [0.5, 0.6) is 5.75 Å². The minimum absolute atomic E-state index is 0.237. The molecular formula is C20H28N2O. The van der Waals surface area contributed by atoms with E-state index in [1.807, 2.05) is 6.92 Å². The first-order valence-corrected chi connectivity index (χ1v) is 8.93. The summed E-state index contributed by atoms with van der Waals surface area (Å²) in [7, 11) is 0. The topological polar surface area (TPSA) is 38.5 Å². The highest BCUT2D eigenvalue weighted by Gasteiger charge is 2.25. The van der Waals surface area contributed by atoms with Gasteiger partial charge in [-0.3, -0.25) is 4.90 Å². The van der Waals surface area contributed by atoms with Gasteiger partial charge in [0, 0.05) is 12.1 Å². The monoisotopic (exact) mass is 312 g/mol. The fourth-order valence-electron chi connectivity index (χ4n) is 3.76. The third kappa shape index (κ3) is 3.51. The number of fused-ring (bicyclic) bond motifs is 1. The van der Waals surface area contributed by atoms with E-state index in [-0.39, 0.29) is 6.04 Å². The van der Waals surface area contributed by atoms with Gasteiger partial charge in [-0.25, -0.2) is 0 Å². The first kappa shape index (κ1) is 16.3. The van der Waals surface area contributed by atoms with Crippen molar-refractivity contribution in [1.29, 1.82) is 0 Å². The maximum atomic E-state index is 6.25. The third-order valence-corrected chi connectivity index (χ3v) is 4.87. The molecule has 3 nitrogen and oxygen atoms in total. The van der Waals surface area contributed by atoms with Crippen LogP contribution in [0.1, 0.15) is 44.2 Å². The van der Waals surface area contributed by atoms with Crippen molar-refractivity contribution in [2.75, 3.05) is 26.2 Å². The molecular weight excluding hydrogens is 284 g/mol. The average molecular weight is 312 g/mol. The molecule has 1 aliphatic heterocycles. The normalized spacial score (nSPS) is 17.8. The fourth-order valence-corrected chi connectivity index (χ4v) is 3.76. The van der Waals surface area contributed by atoms with Crippen LogP contribution >= 0.6 is 0 Å². The Labute approximate surface area is 139 Å². The second kappa shape index (κ2) is 7.80. The lowest BCUT2D eigenvalue weighted by Gasteiger charge is -2.32. The third-order valence-electron chi connectivity index (χ3n) is 4.87. The summed E-state index contributed by atoms with van der Waals surface area (Å²) in [6, 6.07) is 13.1. The molecule has 1 fully saturated rings. The lowest BCUT2D eigenvalue weighted by molar-refractivity contribution is 0.205. The predicted molar refractivity (Wildman–Crippen MR) is 97.0 cm³/mol. The zero-order valence-electron chi connectivity index (χ0n) is 14.1. The Kier molecular flexibility index (Phi) is 5.52. The smallest absolute Gasteiger partial charge is 0.124 e. The molecule has 1 atom stereocenters. The second-order valence-corrected chi connectivity index (χ2v) is 6.33. The van der Waals surface area contributed by atoms with Crippen molar-refractivity contribution in [1.82, 2.24) is 4.90 Å². The molecule has 0 radical (unpaired) electrons. The summed E-state index contributed by atoms with van der Waals surface area (Å²) in [6.45, 7) is 5.63. The Hall–Kier alpha value is -1.58. The molecule has 0 bridgehead atoms. The van der Waals surface area contributed by atoms with Crippen LogP contribution in [0.2, 0.25) is 0 Å². The molecule has 124 valence electrons. The summed E-state index contributed by atoms with van der Waals surface area (Å²) in [4.78, 5) is 2.57. The van der Waals surface area contributed by atoms with Crippen LogP contribution < -0.4 is 10.5 Å². The van der Waals surface area contributed by atoms with Crippen molar-refractivity contribution in [3.05, 3.63) is 42.0 Å². The molecule has 1 aliphatic rings. The van der Waals surface area contributed by atoms with Gasteiger partial charge in [0.25, 0.3) is 0 Å². The van der Waals surface area contributed by atoms with E-state index in [9.17, 15) is 0 Å². The highest BCUT2D eigenvalue weighted by atomic mass is 16.5. The van der Waals surface area contributed by atoms with E-state index in [1.165, 1.54) is 42.0 Å². The zero-order chi connectivity index (χ0) is 16.1. The fraction of sp³-hybridized carbons (Fsp3) is 0.500. The Bertz CT molecular complexity index is 633. The molecule has 3 heteroatoms. The molecule has 0 aromatic heterocycles. The minimum Gasteiger partial charge on any atom is -0.494 e. The van der Waals surface area contributed by atoms with Gasteiger partial charge < -0.3 is 10.5 Å². The van der Waals surface area contributed by atoms with E-state index in [0.717, 1.165) is 18.8 Å². The van der Waals surface area contributed by atoms with E-state index in [0.29, 0.717) is 13.2 Å². The molecule has 0 aliphatic carbocycles. The summed E-state index contributed by atoms with van der Waals surface area (Å²) in [5, 5.41) is 2.54. The van der Waals surface area contributed by atoms with Crippen molar-refractivity contribution in [3.63, 3.8) is 0 Å². The van der Waals surface area contributed by atoms with Crippen molar-refractivity contribution in [2.24, 2.45) is 5.73 Å². The zero-order valence-corrected chi connectivity index (χ0v) is 14.1. The summed E-state index contributed by atoms with van der Waals surface area (Å²) >= 11 is 0. The first-order chi connectivity index (χ1) is 11.3. The van der Waals surface area contributed by atoms with Crippen LogP contribution in [0.15, 0.2) is 36.4 Å². The Morgan fingerprint density at radius 1 is 1.04 bits per heavy atom. The van der Waals surface area contributed by atoms with Crippen LogP contribution in [0.4, 0.5) is 0 Å². The van der Waals surface area contributed by atoms with Crippen molar-refractivity contribution >= 4 is 10.8 Å². The van der Waals surface area contributed by atoms with Gasteiger partial charge in [-0.1, -0.05) is 43.2 Å². The lowest BCUT2D eigenvalue weighted by atomic mass is 9.96. The molecule has 3 rings (SSSR count). The molecule has 0 spiro atoms. The number of rotatable bonds is 5. The number of nitrogens with two attached hydrogens (primary N) is 1. The molecule has 1 heterocycles. The molecule has 2 aromatic rings. The van der Waals surface area contributed by atoms with Crippen LogP contribution in [0.3, 0.4) is 0 Å². The van der Waals surface area contributed by atoms with Crippen LogP contribution in [-0.4, -0.2) is 31.1 Å². The van der Waals surface area contributed by atoms with Crippen molar-refractivity contribution < 1.29 is 4.74 Å². The number of ether oxygens (including phenoxy) is 1. The number of hydrogen-bond acceptors (Lipinski definition) is 3. The van der Waals surface area contributed by atoms with E-state index < -0.39 is 0 Å². The highest BCUT2D eigenvalue weighted by molar-refractivity contribution is 5.88. The Morgan fingerprint density at radius 3 is 2.48 bits per heavy atom. The molecule has 1 unspecified atom stereocenters. The van der Waals surface area contributed by atoms with Gasteiger partial charge in [0.1, 0.15) is 5.75 Å². The molecule has 1 saturated heterocycles. The standard InChI is InChI=1S/C20H28N2O/c1-2-23-19-12-11-16-9-5-6-10-17(16)20(19)18(15-21)22-13-7-3-4-8-14-22/h5-6,9-12,18H,2-4,7-8,13-15,21H2,1H3. The van der Waals surface area contributed by atoms with E-state index >= 15 is 0 Å². The lowest BCUT2D eigenvalue weighted by Crippen LogP contribution is -2.35. The predicted octanol–water partition coefficient (Wildman–Crippen LogP) is 4.11. The maximum Gasteiger partial charge on any atom is 0.124 e. The van der Waals surface area contributed by atoms with Crippen LogP contribution in [0, 0.1) is 0 Å². The molecule has 0 saturated carbocycles. The van der Waals surface area contributed by atoms with Gasteiger partial charge in [-0.05, 0) is 49.7 Å². The molecule has 2 aromatic carbocycles. The van der Waals surface area contributed by atoms with Gasteiger partial charge in [-0.15, -0.1) is 0 Å². The molecule has 2 N–H and O–H groups in total. The summed E-state index contributed by atoms with van der Waals surface area (Å²) in [5.41, 5.74) is 7.52. The van der Waals surface area contributed by atoms with Gasteiger partial charge in [0.05, 0.1) is 12.6 Å². The molecule has 0 amide bonds. The van der Waals surface area contributed by atoms with Crippen molar-refractivity contribution in [3.8, 4) is 5.75 Å². The van der Waals surface area contributed by atoms with Gasteiger partial charge in [0.2, 0.25) is 0 Å². The highest BCUT2D eigenvalue weighted by Crippen LogP contribution is 2.36. The number of hydrogen-bond donors (Lipinski definition) is 1. The van der Waals surface area contributed by atoms with Crippen molar-refractivity contribution in [2.45, 2.75) is 38.6 Å². The number of benzene rings is 2. The van der Waals surface area contributed by atoms with E-state index in [4.69, 9.17) is 10.5 Å². The quantitative estimate of drug-likeness (QED) is 0.903. The Balaban J connectivity index is 2.07.